The van der Waals surface area contributed by atoms with Gasteiger partial charge < -0.3 is 0 Å². The Bertz CT molecular complexity index is 811. The summed E-state index contributed by atoms with van der Waals surface area (Å²) in [5.74, 6) is 0. The van der Waals surface area contributed by atoms with Crippen LogP contribution in [-0.2, 0) is 0 Å². The van der Waals surface area contributed by atoms with Crippen molar-refractivity contribution in [2.24, 2.45) is 0 Å². The van der Waals surface area contributed by atoms with Gasteiger partial charge in [-0.25, -0.2) is 0 Å². The van der Waals surface area contributed by atoms with E-state index in [1.54, 1.807) is 0 Å². The topological polar surface area (TPSA) is 0 Å². The first-order valence-electron chi connectivity index (χ1n) is 6.65. The summed E-state index contributed by atoms with van der Waals surface area (Å²) in [6.07, 6.45) is 0. The molecule has 1 atom stereocenters. The molecule has 0 fully saturated rings. The number of hydrogen-bond donors (Lipinski definition) is 0. The fourth-order valence-corrected chi connectivity index (χ4v) is 3.93. The third-order valence-electron chi connectivity index (χ3n) is 3.68. The second-order valence-corrected chi connectivity index (χ2v) is 7.25. The van der Waals surface area contributed by atoms with E-state index >= 15 is 0 Å². The molecule has 0 aromatic heterocycles. The number of benzene rings is 3. The molecule has 21 heavy (non-hydrogen) atoms. The minimum absolute atomic E-state index is 0.192. The van der Waals surface area contributed by atoms with E-state index in [4.69, 9.17) is 11.6 Å². The summed E-state index contributed by atoms with van der Waals surface area (Å²) in [5, 5.41) is 2.28. The summed E-state index contributed by atoms with van der Waals surface area (Å²) < 4.78 is 2.05. The molecular weight excluding hydrogens is 411 g/mol. The van der Waals surface area contributed by atoms with Crippen LogP contribution in [0.25, 0.3) is 10.8 Å². The Morgan fingerprint density at radius 3 is 2.33 bits per heavy atom. The van der Waals surface area contributed by atoms with Gasteiger partial charge >= 0.3 is 0 Å². The predicted octanol–water partition coefficient (Wildman–Crippen LogP) is 7.00. The van der Waals surface area contributed by atoms with Gasteiger partial charge in [-0.2, -0.15) is 0 Å². The molecule has 0 bridgehead atoms. The van der Waals surface area contributed by atoms with Crippen LogP contribution in [0.4, 0.5) is 0 Å². The molecule has 0 aliphatic heterocycles. The Hall–Kier alpha value is -0.830. The van der Waals surface area contributed by atoms with Gasteiger partial charge in [-0.3, -0.25) is 0 Å². The maximum Gasteiger partial charge on any atom is 0.0852 e. The van der Waals surface area contributed by atoms with Crippen molar-refractivity contribution in [3.05, 3.63) is 80.2 Å². The Morgan fingerprint density at radius 2 is 1.57 bits per heavy atom. The molecule has 0 saturated carbocycles. The van der Waals surface area contributed by atoms with Crippen LogP contribution in [0.15, 0.2) is 63.5 Å². The van der Waals surface area contributed by atoms with Crippen molar-refractivity contribution < 1.29 is 0 Å². The van der Waals surface area contributed by atoms with Gasteiger partial charge in [0, 0.05) is 8.95 Å². The molecule has 1 unspecified atom stereocenters. The Labute approximate surface area is 146 Å². The summed E-state index contributed by atoms with van der Waals surface area (Å²) in [6.45, 7) is 2.13. The predicted molar refractivity (Wildman–Crippen MR) is 98.2 cm³/mol. The summed E-state index contributed by atoms with van der Waals surface area (Å²) in [6, 6.07) is 18.8. The van der Waals surface area contributed by atoms with Crippen LogP contribution in [0.5, 0.6) is 0 Å². The zero-order chi connectivity index (χ0) is 15.0. The molecule has 3 heteroatoms. The van der Waals surface area contributed by atoms with Crippen LogP contribution < -0.4 is 0 Å². The third-order valence-corrected chi connectivity index (χ3v) is 5.37. The minimum atomic E-state index is -0.192. The molecule has 3 aromatic carbocycles. The van der Waals surface area contributed by atoms with Gasteiger partial charge in [-0.05, 0) is 52.6 Å². The number of halogens is 3. The van der Waals surface area contributed by atoms with E-state index in [1.165, 1.54) is 16.3 Å². The highest BCUT2D eigenvalue weighted by atomic mass is 79.9. The summed E-state index contributed by atoms with van der Waals surface area (Å²) >= 11 is 13.9. The smallest absolute Gasteiger partial charge is 0.0852 e. The van der Waals surface area contributed by atoms with Gasteiger partial charge in [0.2, 0.25) is 0 Å². The molecule has 0 aliphatic carbocycles. The lowest BCUT2D eigenvalue weighted by molar-refractivity contribution is 1.14. The van der Waals surface area contributed by atoms with Crippen molar-refractivity contribution in [2.45, 2.75) is 12.3 Å². The van der Waals surface area contributed by atoms with Gasteiger partial charge in [-0.15, -0.1) is 11.6 Å². The molecule has 3 aromatic rings. The summed E-state index contributed by atoms with van der Waals surface area (Å²) in [5.41, 5.74) is 3.48. The number of alkyl halides is 1. The quantitative estimate of drug-likeness (QED) is 0.389. The van der Waals surface area contributed by atoms with Crippen molar-refractivity contribution in [1.82, 2.24) is 0 Å². The average molecular weight is 425 g/mol. The van der Waals surface area contributed by atoms with E-state index in [0.29, 0.717) is 0 Å². The lowest BCUT2D eigenvalue weighted by atomic mass is 9.95. The van der Waals surface area contributed by atoms with Crippen molar-refractivity contribution in [3.63, 3.8) is 0 Å². The van der Waals surface area contributed by atoms with E-state index in [2.05, 4.69) is 81.2 Å². The first-order valence-corrected chi connectivity index (χ1v) is 8.67. The number of fused-ring (bicyclic) bond motifs is 1. The third kappa shape index (κ3) is 2.90. The van der Waals surface area contributed by atoms with E-state index in [-0.39, 0.29) is 5.38 Å². The first kappa shape index (κ1) is 15.1. The molecule has 0 amide bonds. The van der Waals surface area contributed by atoms with E-state index in [1.807, 2.05) is 12.1 Å². The van der Waals surface area contributed by atoms with Crippen molar-refractivity contribution in [1.29, 1.82) is 0 Å². The van der Waals surface area contributed by atoms with Crippen molar-refractivity contribution in [2.75, 3.05) is 0 Å². The monoisotopic (exact) mass is 422 g/mol. The first-order chi connectivity index (χ1) is 10.1. The summed E-state index contributed by atoms with van der Waals surface area (Å²) in [4.78, 5) is 0. The molecule has 0 heterocycles. The molecule has 0 nitrogen and oxygen atoms in total. The molecule has 0 aliphatic rings. The van der Waals surface area contributed by atoms with Crippen LogP contribution in [0, 0.1) is 6.92 Å². The lowest BCUT2D eigenvalue weighted by Gasteiger charge is -2.16. The second kappa shape index (κ2) is 6.12. The number of rotatable bonds is 2. The molecular formula is C18H13Br2Cl. The van der Waals surface area contributed by atoms with Gasteiger partial charge in [-0.1, -0.05) is 68.3 Å². The molecule has 106 valence electrons. The Morgan fingerprint density at radius 1 is 0.857 bits per heavy atom. The molecule has 0 radical (unpaired) electrons. The SMILES string of the molecule is Cc1ccc(C(Cl)c2cc(Br)ccc2Br)c2ccccc12. The maximum absolute atomic E-state index is 6.79. The maximum atomic E-state index is 6.79. The standard InChI is InChI=1S/C18H13Br2Cl/c1-11-6-8-15(14-5-3-2-4-13(11)14)18(21)16-10-12(19)7-9-17(16)20/h2-10,18H,1H3. The van der Waals surface area contributed by atoms with Crippen molar-refractivity contribution in [3.8, 4) is 0 Å². The summed E-state index contributed by atoms with van der Waals surface area (Å²) in [7, 11) is 0. The highest BCUT2D eigenvalue weighted by Crippen LogP contribution is 2.39. The fourth-order valence-electron chi connectivity index (χ4n) is 2.57. The van der Waals surface area contributed by atoms with E-state index in [0.717, 1.165) is 20.1 Å². The van der Waals surface area contributed by atoms with Crippen molar-refractivity contribution >= 4 is 54.2 Å². The zero-order valence-corrected chi connectivity index (χ0v) is 15.3. The highest BCUT2D eigenvalue weighted by Gasteiger charge is 2.17. The average Bonchev–Trinajstić information content (AvgIpc) is 2.50. The van der Waals surface area contributed by atoms with Gasteiger partial charge in [0.05, 0.1) is 5.38 Å². The van der Waals surface area contributed by atoms with Gasteiger partial charge in [0.15, 0.2) is 0 Å². The normalized spacial score (nSPS) is 12.6. The minimum Gasteiger partial charge on any atom is -0.113 e. The van der Waals surface area contributed by atoms with Gasteiger partial charge in [0.1, 0.15) is 0 Å². The molecule has 0 N–H and O–H groups in total. The highest BCUT2D eigenvalue weighted by molar-refractivity contribution is 9.11. The molecule has 0 spiro atoms. The van der Waals surface area contributed by atoms with E-state index in [9.17, 15) is 0 Å². The number of aryl methyl sites for hydroxylation is 1. The van der Waals surface area contributed by atoms with Gasteiger partial charge in [0.25, 0.3) is 0 Å². The van der Waals surface area contributed by atoms with Crippen LogP contribution in [0.3, 0.4) is 0 Å². The Balaban J connectivity index is 2.20. The largest absolute Gasteiger partial charge is 0.113 e. The molecule has 3 rings (SSSR count). The molecule has 0 saturated heterocycles. The van der Waals surface area contributed by atoms with Crippen LogP contribution >= 0.6 is 43.5 Å². The van der Waals surface area contributed by atoms with Crippen LogP contribution in [0.1, 0.15) is 22.1 Å². The second-order valence-electron chi connectivity index (χ2n) is 5.05. The van der Waals surface area contributed by atoms with Crippen LogP contribution in [0.2, 0.25) is 0 Å². The van der Waals surface area contributed by atoms with Crippen LogP contribution in [-0.4, -0.2) is 0 Å². The lowest BCUT2D eigenvalue weighted by Crippen LogP contribution is -1.97. The van der Waals surface area contributed by atoms with E-state index < -0.39 is 0 Å². The Kier molecular flexibility index (Phi) is 4.39. The zero-order valence-electron chi connectivity index (χ0n) is 11.4. The number of hydrogen-bond acceptors (Lipinski definition) is 0. The fraction of sp³-hybridized carbons (Fsp3) is 0.111.